The van der Waals surface area contributed by atoms with Crippen LogP contribution >= 0.6 is 0 Å². The summed E-state index contributed by atoms with van der Waals surface area (Å²) < 4.78 is 0. The van der Waals surface area contributed by atoms with E-state index < -0.39 is 0 Å². The number of hydrogen-bond donors (Lipinski definition) is 0. The van der Waals surface area contributed by atoms with Gasteiger partial charge in [0.15, 0.2) is 0 Å². The Morgan fingerprint density at radius 1 is 1.08 bits per heavy atom. The van der Waals surface area contributed by atoms with Crippen molar-refractivity contribution < 1.29 is 9.63 Å². The van der Waals surface area contributed by atoms with Gasteiger partial charge >= 0.3 is 0 Å². The van der Waals surface area contributed by atoms with E-state index in [1.165, 1.54) is 23.3 Å². The van der Waals surface area contributed by atoms with Crippen LogP contribution in [0.15, 0.2) is 60.7 Å². The van der Waals surface area contributed by atoms with Gasteiger partial charge in [0, 0.05) is 32.6 Å². The Balaban J connectivity index is 1.80. The number of nitrogens with zero attached hydrogens (tertiary/aromatic N) is 2. The normalized spacial score (nSPS) is 20.9. The first kappa shape index (κ1) is 16.7. The molecule has 1 aliphatic heterocycles. The minimum atomic E-state index is -0.0823. The van der Waals surface area contributed by atoms with Crippen LogP contribution in [-0.4, -0.2) is 43.1 Å². The molecule has 0 radical (unpaired) electrons. The number of amides is 1. The van der Waals surface area contributed by atoms with E-state index in [9.17, 15) is 4.79 Å². The first-order valence-electron chi connectivity index (χ1n) is 8.32. The first-order chi connectivity index (χ1) is 11.7. The van der Waals surface area contributed by atoms with E-state index in [0.717, 1.165) is 19.6 Å². The highest BCUT2D eigenvalue weighted by atomic mass is 16.7. The molecule has 0 unspecified atom stereocenters. The standard InChI is InChI=1S/C20H24N2O2/c1-21(24-2)20(23)19-15-22(13-16-9-5-3-6-10-16)14-18(19)17-11-7-4-8-12-17/h3-12,18-19H,13-15H2,1-2H3/t18-,19+/m1/s1. The average Bonchev–Trinajstić information content (AvgIpc) is 3.05. The van der Waals surface area contributed by atoms with Crippen molar-refractivity contribution in [3.05, 3.63) is 71.8 Å². The fraction of sp³-hybridized carbons (Fsp3) is 0.350. The van der Waals surface area contributed by atoms with E-state index in [1.54, 1.807) is 7.05 Å². The Bertz CT molecular complexity index is 660. The van der Waals surface area contributed by atoms with Gasteiger partial charge in [0.2, 0.25) is 0 Å². The van der Waals surface area contributed by atoms with Crippen molar-refractivity contribution in [1.29, 1.82) is 0 Å². The summed E-state index contributed by atoms with van der Waals surface area (Å²) in [6, 6.07) is 20.7. The number of likely N-dealkylation sites (tertiary alicyclic amines) is 1. The molecule has 0 bridgehead atoms. The van der Waals surface area contributed by atoms with Gasteiger partial charge in [0.25, 0.3) is 5.91 Å². The molecule has 1 saturated heterocycles. The van der Waals surface area contributed by atoms with E-state index in [0.29, 0.717) is 0 Å². The number of rotatable bonds is 5. The summed E-state index contributed by atoms with van der Waals surface area (Å²) in [5, 5.41) is 1.35. The van der Waals surface area contributed by atoms with Gasteiger partial charge in [-0.15, -0.1) is 0 Å². The largest absolute Gasteiger partial charge is 0.298 e. The van der Waals surface area contributed by atoms with Crippen LogP contribution in [0.25, 0.3) is 0 Å². The van der Waals surface area contributed by atoms with E-state index in [1.807, 2.05) is 24.3 Å². The van der Waals surface area contributed by atoms with E-state index in [2.05, 4.69) is 41.3 Å². The van der Waals surface area contributed by atoms with Gasteiger partial charge in [0.1, 0.15) is 0 Å². The summed E-state index contributed by atoms with van der Waals surface area (Å²) in [5.41, 5.74) is 2.49. The Morgan fingerprint density at radius 3 is 2.33 bits per heavy atom. The van der Waals surface area contributed by atoms with Gasteiger partial charge in [-0.05, 0) is 11.1 Å². The molecule has 4 nitrogen and oxygen atoms in total. The molecular weight excluding hydrogens is 300 g/mol. The van der Waals surface area contributed by atoms with Crippen molar-refractivity contribution in [3.63, 3.8) is 0 Å². The second-order valence-corrected chi connectivity index (χ2v) is 6.32. The zero-order chi connectivity index (χ0) is 16.9. The topological polar surface area (TPSA) is 32.8 Å². The Hall–Kier alpha value is -2.17. The molecule has 2 aromatic rings. The SMILES string of the molecule is CON(C)C(=O)[C@H]1CN(Cc2ccccc2)C[C@@H]1c1ccccc1. The molecule has 0 N–H and O–H groups in total. The lowest BCUT2D eigenvalue weighted by atomic mass is 9.88. The second kappa shape index (κ2) is 7.60. The first-order valence-corrected chi connectivity index (χ1v) is 8.32. The zero-order valence-corrected chi connectivity index (χ0v) is 14.3. The summed E-state index contributed by atoms with van der Waals surface area (Å²) in [7, 11) is 3.22. The minimum absolute atomic E-state index is 0.0434. The number of carbonyl (C=O) groups excluding carboxylic acids is 1. The van der Waals surface area contributed by atoms with E-state index >= 15 is 0 Å². The summed E-state index contributed by atoms with van der Waals surface area (Å²) in [6.07, 6.45) is 0. The van der Waals surface area contributed by atoms with Crippen molar-refractivity contribution in [1.82, 2.24) is 9.96 Å². The van der Waals surface area contributed by atoms with Crippen LogP contribution in [0.3, 0.4) is 0 Å². The fourth-order valence-corrected chi connectivity index (χ4v) is 3.47. The summed E-state index contributed by atoms with van der Waals surface area (Å²) in [6.45, 7) is 2.50. The maximum Gasteiger partial charge on any atom is 0.250 e. The summed E-state index contributed by atoms with van der Waals surface area (Å²) >= 11 is 0. The highest BCUT2D eigenvalue weighted by Gasteiger charge is 2.39. The highest BCUT2D eigenvalue weighted by Crippen LogP contribution is 2.34. The number of carbonyl (C=O) groups is 1. The third kappa shape index (κ3) is 3.66. The smallest absolute Gasteiger partial charge is 0.250 e. The number of hydrogen-bond acceptors (Lipinski definition) is 3. The number of benzene rings is 2. The zero-order valence-electron chi connectivity index (χ0n) is 14.3. The van der Waals surface area contributed by atoms with Crippen molar-refractivity contribution in [3.8, 4) is 0 Å². The van der Waals surface area contributed by atoms with Crippen molar-refractivity contribution in [2.24, 2.45) is 5.92 Å². The third-order valence-electron chi connectivity index (χ3n) is 4.77. The Kier molecular flexibility index (Phi) is 5.28. The Labute approximate surface area is 143 Å². The molecule has 1 fully saturated rings. The monoisotopic (exact) mass is 324 g/mol. The second-order valence-electron chi connectivity index (χ2n) is 6.32. The van der Waals surface area contributed by atoms with Crippen LogP contribution in [-0.2, 0) is 16.2 Å². The van der Waals surface area contributed by atoms with Crippen LogP contribution in [0.4, 0.5) is 0 Å². The maximum absolute atomic E-state index is 12.7. The predicted octanol–water partition coefficient (Wildman–Crippen LogP) is 2.92. The third-order valence-corrected chi connectivity index (χ3v) is 4.77. The van der Waals surface area contributed by atoms with Gasteiger partial charge in [-0.1, -0.05) is 60.7 Å². The van der Waals surface area contributed by atoms with Crippen LogP contribution in [0, 0.1) is 5.92 Å². The average molecular weight is 324 g/mol. The molecule has 1 amide bonds. The van der Waals surface area contributed by atoms with Gasteiger partial charge in [-0.2, -0.15) is 0 Å². The van der Waals surface area contributed by atoms with Crippen LogP contribution < -0.4 is 0 Å². The van der Waals surface area contributed by atoms with Crippen molar-refractivity contribution >= 4 is 5.91 Å². The van der Waals surface area contributed by atoms with Gasteiger partial charge in [-0.25, -0.2) is 5.06 Å². The molecule has 0 aromatic heterocycles. The molecule has 3 rings (SSSR count). The lowest BCUT2D eigenvalue weighted by molar-refractivity contribution is -0.173. The lowest BCUT2D eigenvalue weighted by Crippen LogP contribution is -2.35. The molecule has 4 heteroatoms. The fourth-order valence-electron chi connectivity index (χ4n) is 3.47. The highest BCUT2D eigenvalue weighted by molar-refractivity contribution is 5.79. The quantitative estimate of drug-likeness (QED) is 0.793. The van der Waals surface area contributed by atoms with Gasteiger partial charge in [-0.3, -0.25) is 14.5 Å². The summed E-state index contributed by atoms with van der Waals surface area (Å²) in [4.78, 5) is 20.2. The number of hydroxylamine groups is 2. The molecule has 2 aromatic carbocycles. The van der Waals surface area contributed by atoms with Gasteiger partial charge < -0.3 is 0 Å². The molecule has 0 saturated carbocycles. The summed E-state index contributed by atoms with van der Waals surface area (Å²) in [5.74, 6) is 0.156. The van der Waals surface area contributed by atoms with Crippen LogP contribution in [0.5, 0.6) is 0 Å². The molecule has 126 valence electrons. The molecule has 2 atom stereocenters. The molecule has 0 spiro atoms. The minimum Gasteiger partial charge on any atom is -0.298 e. The predicted molar refractivity (Wildman–Crippen MR) is 94.2 cm³/mol. The van der Waals surface area contributed by atoms with E-state index in [-0.39, 0.29) is 17.7 Å². The molecular formula is C20H24N2O2. The van der Waals surface area contributed by atoms with Crippen LogP contribution in [0.1, 0.15) is 17.0 Å². The molecule has 0 aliphatic carbocycles. The lowest BCUT2D eigenvalue weighted by Gasteiger charge is -2.22. The molecule has 24 heavy (non-hydrogen) atoms. The maximum atomic E-state index is 12.7. The molecule has 1 aliphatic rings. The Morgan fingerprint density at radius 2 is 1.71 bits per heavy atom. The molecule has 1 heterocycles. The van der Waals surface area contributed by atoms with E-state index in [4.69, 9.17) is 4.84 Å². The van der Waals surface area contributed by atoms with Gasteiger partial charge in [0.05, 0.1) is 13.0 Å². The van der Waals surface area contributed by atoms with Crippen molar-refractivity contribution in [2.75, 3.05) is 27.2 Å². The van der Waals surface area contributed by atoms with Crippen molar-refractivity contribution in [2.45, 2.75) is 12.5 Å². The van der Waals surface area contributed by atoms with Crippen LogP contribution in [0.2, 0.25) is 0 Å².